The van der Waals surface area contributed by atoms with Crippen LogP contribution in [0.25, 0.3) is 0 Å². The molecule has 80 valence electrons. The van der Waals surface area contributed by atoms with Gasteiger partial charge in [0.1, 0.15) is 0 Å². The average molecular weight is 199 g/mol. The lowest BCUT2D eigenvalue weighted by Crippen LogP contribution is -2.37. The maximum absolute atomic E-state index is 11.4. The molecule has 0 aromatic rings. The number of hydrogen-bond donors (Lipinski definition) is 0. The summed E-state index contributed by atoms with van der Waals surface area (Å²) in [5, 5.41) is 0. The molecule has 0 aromatic carbocycles. The summed E-state index contributed by atoms with van der Waals surface area (Å²) in [7, 11) is 3.53. The third kappa shape index (κ3) is 2.37. The second-order valence-electron chi connectivity index (χ2n) is 3.63. The molecule has 0 N–H and O–H groups in total. The second kappa shape index (κ2) is 4.30. The molecule has 0 saturated carbocycles. The van der Waals surface area contributed by atoms with E-state index in [0.29, 0.717) is 13.1 Å². The number of nitrogens with zero attached hydrogens (tertiary/aromatic N) is 3. The minimum absolute atomic E-state index is 0.0324. The van der Waals surface area contributed by atoms with Gasteiger partial charge in [0, 0.05) is 47.2 Å². The van der Waals surface area contributed by atoms with E-state index in [0.717, 1.165) is 13.1 Å². The highest BCUT2D eigenvalue weighted by atomic mass is 16.2. The van der Waals surface area contributed by atoms with E-state index in [1.165, 1.54) is 6.92 Å². The van der Waals surface area contributed by atoms with Gasteiger partial charge in [-0.25, -0.2) is 4.79 Å². The zero-order chi connectivity index (χ0) is 10.7. The van der Waals surface area contributed by atoms with Gasteiger partial charge in [-0.1, -0.05) is 0 Å². The molecule has 0 spiro atoms. The molecule has 5 nitrogen and oxygen atoms in total. The Labute approximate surface area is 84.3 Å². The van der Waals surface area contributed by atoms with Crippen LogP contribution in [-0.4, -0.2) is 66.9 Å². The fourth-order valence-corrected chi connectivity index (χ4v) is 1.34. The highest BCUT2D eigenvalue weighted by molar-refractivity contribution is 5.76. The third-order valence-electron chi connectivity index (χ3n) is 2.55. The lowest BCUT2D eigenvalue weighted by Gasteiger charge is -2.20. The summed E-state index contributed by atoms with van der Waals surface area (Å²) >= 11 is 0. The zero-order valence-corrected chi connectivity index (χ0v) is 8.99. The van der Waals surface area contributed by atoms with Crippen molar-refractivity contribution in [1.29, 1.82) is 0 Å². The minimum atomic E-state index is 0.0324. The Morgan fingerprint density at radius 2 is 2.14 bits per heavy atom. The van der Waals surface area contributed by atoms with Crippen molar-refractivity contribution < 1.29 is 9.59 Å². The van der Waals surface area contributed by atoms with Crippen LogP contribution in [0, 0.1) is 0 Å². The highest BCUT2D eigenvalue weighted by Gasteiger charge is 2.24. The van der Waals surface area contributed by atoms with E-state index < -0.39 is 0 Å². The van der Waals surface area contributed by atoms with Crippen LogP contribution in [0.3, 0.4) is 0 Å². The van der Waals surface area contributed by atoms with Gasteiger partial charge in [-0.15, -0.1) is 0 Å². The van der Waals surface area contributed by atoms with Crippen molar-refractivity contribution in [3.8, 4) is 0 Å². The van der Waals surface area contributed by atoms with E-state index in [1.54, 1.807) is 28.8 Å². The number of likely N-dealkylation sites (N-methyl/N-ethyl adjacent to an activating group) is 2. The first-order valence-corrected chi connectivity index (χ1v) is 4.74. The largest absolute Gasteiger partial charge is 0.344 e. The fourth-order valence-electron chi connectivity index (χ4n) is 1.34. The lowest BCUT2D eigenvalue weighted by atomic mass is 10.4. The number of carbonyl (C=O) groups excluding carboxylic acids is 2. The Morgan fingerprint density at radius 1 is 1.50 bits per heavy atom. The van der Waals surface area contributed by atoms with Gasteiger partial charge in [-0.05, 0) is 0 Å². The molecule has 1 heterocycles. The van der Waals surface area contributed by atoms with Gasteiger partial charge < -0.3 is 14.7 Å². The summed E-state index contributed by atoms with van der Waals surface area (Å²) < 4.78 is 0. The van der Waals surface area contributed by atoms with E-state index in [4.69, 9.17) is 0 Å². The molecule has 5 heteroatoms. The average Bonchev–Trinajstić information content (AvgIpc) is 2.44. The van der Waals surface area contributed by atoms with Crippen molar-refractivity contribution in [2.24, 2.45) is 0 Å². The van der Waals surface area contributed by atoms with Crippen molar-refractivity contribution in [3.05, 3.63) is 0 Å². The van der Waals surface area contributed by atoms with Crippen molar-refractivity contribution in [2.45, 2.75) is 6.92 Å². The molecule has 14 heavy (non-hydrogen) atoms. The Morgan fingerprint density at radius 3 is 2.57 bits per heavy atom. The molecule has 0 aliphatic carbocycles. The monoisotopic (exact) mass is 199 g/mol. The van der Waals surface area contributed by atoms with Crippen molar-refractivity contribution in [1.82, 2.24) is 14.7 Å². The summed E-state index contributed by atoms with van der Waals surface area (Å²) in [6.45, 7) is 4.30. The molecule has 1 aliphatic heterocycles. The van der Waals surface area contributed by atoms with E-state index >= 15 is 0 Å². The molecule has 0 unspecified atom stereocenters. The fraction of sp³-hybridized carbons (Fsp3) is 0.778. The highest BCUT2D eigenvalue weighted by Crippen LogP contribution is 2.05. The van der Waals surface area contributed by atoms with Crippen LogP contribution in [0.1, 0.15) is 6.92 Å². The first-order chi connectivity index (χ1) is 6.52. The lowest BCUT2D eigenvalue weighted by molar-refractivity contribution is -0.127. The summed E-state index contributed by atoms with van der Waals surface area (Å²) in [5.41, 5.74) is 0. The first kappa shape index (κ1) is 10.8. The molecule has 1 rings (SSSR count). The van der Waals surface area contributed by atoms with Gasteiger partial charge in [-0.2, -0.15) is 0 Å². The maximum atomic E-state index is 11.4. The molecule has 1 fully saturated rings. The van der Waals surface area contributed by atoms with Crippen molar-refractivity contribution >= 4 is 11.9 Å². The minimum Gasteiger partial charge on any atom is -0.344 e. The predicted octanol–water partition coefficient (Wildman–Crippen LogP) is -0.168. The van der Waals surface area contributed by atoms with Crippen LogP contribution >= 0.6 is 0 Å². The summed E-state index contributed by atoms with van der Waals surface area (Å²) in [6, 6.07) is 0.0574. The van der Waals surface area contributed by atoms with Crippen LogP contribution in [0.2, 0.25) is 0 Å². The van der Waals surface area contributed by atoms with Crippen LogP contribution in [0.5, 0.6) is 0 Å². The smallest absolute Gasteiger partial charge is 0.319 e. The maximum Gasteiger partial charge on any atom is 0.319 e. The number of rotatable bonds is 3. The van der Waals surface area contributed by atoms with Gasteiger partial charge in [-0.3, -0.25) is 4.79 Å². The van der Waals surface area contributed by atoms with Gasteiger partial charge in [0.25, 0.3) is 0 Å². The van der Waals surface area contributed by atoms with Gasteiger partial charge in [0.15, 0.2) is 0 Å². The SMILES string of the molecule is CC(=O)N(C)CCN1CCN(C)C1=O. The zero-order valence-electron chi connectivity index (χ0n) is 8.99. The van der Waals surface area contributed by atoms with E-state index in [9.17, 15) is 9.59 Å². The molecule has 3 amide bonds. The normalized spacial score (nSPS) is 16.4. The quantitative estimate of drug-likeness (QED) is 0.633. The predicted molar refractivity (Wildman–Crippen MR) is 52.9 cm³/mol. The van der Waals surface area contributed by atoms with Crippen LogP contribution in [0.4, 0.5) is 4.79 Å². The number of urea groups is 1. The van der Waals surface area contributed by atoms with E-state index in [-0.39, 0.29) is 11.9 Å². The summed E-state index contributed by atoms with van der Waals surface area (Å²) in [6.07, 6.45) is 0. The molecular weight excluding hydrogens is 182 g/mol. The van der Waals surface area contributed by atoms with Crippen LogP contribution in [-0.2, 0) is 4.79 Å². The molecule has 0 aromatic heterocycles. The Hall–Kier alpha value is -1.26. The van der Waals surface area contributed by atoms with Crippen molar-refractivity contribution in [3.63, 3.8) is 0 Å². The molecular formula is C9H17N3O2. The standard InChI is InChI=1S/C9H17N3O2/c1-8(13)10(2)4-6-12-7-5-11(3)9(12)14/h4-7H2,1-3H3. The number of carbonyl (C=O) groups is 2. The molecule has 1 aliphatic rings. The van der Waals surface area contributed by atoms with Gasteiger partial charge >= 0.3 is 6.03 Å². The number of amides is 3. The Kier molecular flexibility index (Phi) is 3.33. The van der Waals surface area contributed by atoms with E-state index in [2.05, 4.69) is 0 Å². The second-order valence-corrected chi connectivity index (χ2v) is 3.63. The summed E-state index contributed by atoms with van der Waals surface area (Å²) in [4.78, 5) is 27.4. The molecule has 0 bridgehead atoms. The molecule has 1 saturated heterocycles. The van der Waals surface area contributed by atoms with Crippen molar-refractivity contribution in [2.75, 3.05) is 40.3 Å². The number of hydrogen-bond acceptors (Lipinski definition) is 2. The Bertz CT molecular complexity index is 242. The van der Waals surface area contributed by atoms with Crippen LogP contribution in [0.15, 0.2) is 0 Å². The molecule has 0 radical (unpaired) electrons. The van der Waals surface area contributed by atoms with E-state index in [1.807, 2.05) is 0 Å². The van der Waals surface area contributed by atoms with Crippen LogP contribution < -0.4 is 0 Å². The van der Waals surface area contributed by atoms with Gasteiger partial charge in [0.05, 0.1) is 0 Å². The summed E-state index contributed by atoms with van der Waals surface area (Å²) in [5.74, 6) is 0.0324. The first-order valence-electron chi connectivity index (χ1n) is 4.74. The third-order valence-corrected chi connectivity index (χ3v) is 2.55. The Balaban J connectivity index is 2.32. The molecule has 0 atom stereocenters. The topological polar surface area (TPSA) is 43.9 Å². The van der Waals surface area contributed by atoms with Gasteiger partial charge in [0.2, 0.25) is 5.91 Å².